The minimum absolute atomic E-state index is 0.118. The van der Waals surface area contributed by atoms with Crippen LogP contribution in [0.3, 0.4) is 0 Å². The maximum atomic E-state index is 9.34. The molecule has 0 saturated heterocycles. The van der Waals surface area contributed by atoms with Gasteiger partial charge in [-0.15, -0.1) is 0 Å². The van der Waals surface area contributed by atoms with Crippen molar-refractivity contribution in [3.05, 3.63) is 86.5 Å². The smallest absolute Gasteiger partial charge is 0.250 e. The molecule has 0 N–H and O–H groups in total. The molecule has 114 valence electrons. The summed E-state index contributed by atoms with van der Waals surface area (Å²) in [5, 5.41) is 27.9. The van der Waals surface area contributed by atoms with Crippen LogP contribution in [0.4, 0.5) is 11.4 Å². The highest BCUT2D eigenvalue weighted by atomic mass is 14.8. The van der Waals surface area contributed by atoms with E-state index < -0.39 is 0 Å². The Morgan fingerprint density at radius 3 is 1.65 bits per heavy atom. The van der Waals surface area contributed by atoms with Crippen LogP contribution in [0.2, 0.25) is 0 Å². The lowest BCUT2D eigenvalue weighted by molar-refractivity contribution is 1.42. The second-order valence-electron chi connectivity index (χ2n) is 5.22. The highest BCUT2D eigenvalue weighted by molar-refractivity contribution is 6.06. The van der Waals surface area contributed by atoms with Gasteiger partial charge in [0.15, 0.2) is 11.4 Å². The van der Waals surface area contributed by atoms with Crippen LogP contribution in [0.15, 0.2) is 30.0 Å². The average molecular weight is 328 g/mol. The summed E-state index contributed by atoms with van der Waals surface area (Å²) in [4.78, 5) is 9.96. The standard InChI is InChI=1S/C20H4N6/c1-24-17-6-14-13-4-11(8-21)12(9-22)5-15(13)20(19(10-23)26-3)16(14)7-18(17)25-2/h4-7H/b20-19-. The Balaban J connectivity index is 2.55. The molecule has 3 rings (SSSR count). The largest absolute Gasteiger partial charge is 0.270 e. The van der Waals surface area contributed by atoms with E-state index in [1.807, 2.05) is 18.2 Å². The van der Waals surface area contributed by atoms with Gasteiger partial charge in [-0.1, -0.05) is 12.1 Å². The highest BCUT2D eigenvalue weighted by Gasteiger charge is 2.29. The van der Waals surface area contributed by atoms with Crippen molar-refractivity contribution in [2.75, 3.05) is 0 Å². The normalized spacial score (nSPS) is 12.1. The van der Waals surface area contributed by atoms with Gasteiger partial charge in [-0.05, 0) is 34.4 Å². The molecule has 0 spiro atoms. The number of allylic oxidation sites excluding steroid dienone is 1. The van der Waals surface area contributed by atoms with Gasteiger partial charge in [0.2, 0.25) is 0 Å². The monoisotopic (exact) mass is 328 g/mol. The van der Waals surface area contributed by atoms with Crippen LogP contribution >= 0.6 is 0 Å². The van der Waals surface area contributed by atoms with Gasteiger partial charge in [0, 0.05) is 5.57 Å². The van der Waals surface area contributed by atoms with E-state index in [9.17, 15) is 15.8 Å². The van der Waals surface area contributed by atoms with Gasteiger partial charge in [-0.25, -0.2) is 10.1 Å². The molecular weight excluding hydrogens is 324 g/mol. The molecule has 6 nitrogen and oxygen atoms in total. The minimum atomic E-state index is -0.176. The average Bonchev–Trinajstić information content (AvgIpc) is 2.99. The summed E-state index contributed by atoms with van der Waals surface area (Å²) < 4.78 is 0. The Bertz CT molecular complexity index is 1190. The fourth-order valence-corrected chi connectivity index (χ4v) is 2.94. The number of hydrogen-bond acceptors (Lipinski definition) is 3. The second kappa shape index (κ2) is 5.96. The zero-order valence-corrected chi connectivity index (χ0v) is 13.0. The molecule has 0 amide bonds. The lowest BCUT2D eigenvalue weighted by atomic mass is 9.97. The van der Waals surface area contributed by atoms with Gasteiger partial charge in [0.1, 0.15) is 12.1 Å². The summed E-state index contributed by atoms with van der Waals surface area (Å²) in [6.45, 7) is 21.8. The Morgan fingerprint density at radius 2 is 1.19 bits per heavy atom. The van der Waals surface area contributed by atoms with Crippen molar-refractivity contribution in [3.8, 4) is 29.3 Å². The molecule has 0 aromatic heterocycles. The first-order valence-corrected chi connectivity index (χ1v) is 7.07. The van der Waals surface area contributed by atoms with E-state index in [0.29, 0.717) is 27.8 Å². The maximum Gasteiger partial charge on any atom is 0.270 e. The molecule has 6 heteroatoms. The number of hydrogen-bond donors (Lipinski definition) is 0. The third-order valence-corrected chi connectivity index (χ3v) is 4.04. The van der Waals surface area contributed by atoms with E-state index >= 15 is 0 Å². The Kier molecular flexibility index (Phi) is 3.67. The van der Waals surface area contributed by atoms with Gasteiger partial charge in [-0.3, -0.25) is 9.69 Å². The zero-order valence-electron chi connectivity index (χ0n) is 13.0. The number of fused-ring (bicyclic) bond motifs is 3. The summed E-state index contributed by atoms with van der Waals surface area (Å²) in [7, 11) is 0. The van der Waals surface area contributed by atoms with E-state index in [2.05, 4.69) is 14.5 Å². The molecule has 0 unspecified atom stereocenters. The van der Waals surface area contributed by atoms with E-state index in [-0.39, 0.29) is 28.2 Å². The lowest BCUT2D eigenvalue weighted by Crippen LogP contribution is -1.90. The molecular formula is C20H4N6. The van der Waals surface area contributed by atoms with Crippen molar-refractivity contribution in [3.63, 3.8) is 0 Å². The molecule has 0 heterocycles. The summed E-state index contributed by atoms with van der Waals surface area (Å²) in [5.41, 5.74) is 2.77. The molecule has 0 saturated carbocycles. The van der Waals surface area contributed by atoms with Gasteiger partial charge < -0.3 is 0 Å². The van der Waals surface area contributed by atoms with Gasteiger partial charge in [0.25, 0.3) is 5.70 Å². The summed E-state index contributed by atoms with van der Waals surface area (Å²) >= 11 is 0. The van der Waals surface area contributed by atoms with Gasteiger partial charge in [0.05, 0.1) is 36.9 Å². The van der Waals surface area contributed by atoms with E-state index in [0.717, 1.165) is 0 Å². The summed E-state index contributed by atoms with van der Waals surface area (Å²) in [5.74, 6) is 0. The molecule has 0 radical (unpaired) electrons. The van der Waals surface area contributed by atoms with Crippen molar-refractivity contribution in [2.24, 2.45) is 0 Å². The van der Waals surface area contributed by atoms with Crippen molar-refractivity contribution in [2.45, 2.75) is 0 Å². The Labute approximate surface area is 149 Å². The highest BCUT2D eigenvalue weighted by Crippen LogP contribution is 2.50. The lowest BCUT2D eigenvalue weighted by Gasteiger charge is -2.05. The number of benzene rings is 2. The molecule has 1 aliphatic rings. The van der Waals surface area contributed by atoms with E-state index in [1.54, 1.807) is 0 Å². The second-order valence-corrected chi connectivity index (χ2v) is 5.22. The molecule has 0 fully saturated rings. The SMILES string of the molecule is [C-]#[N+]/C(C#N)=C1/c2cc(C#N)c(C#N)cc2-c2cc([N+]#[C-])c([N+]#[C-])cc21. The predicted molar refractivity (Wildman–Crippen MR) is 92.1 cm³/mol. The maximum absolute atomic E-state index is 9.34. The topological polar surface area (TPSA) is 84.4 Å². The van der Waals surface area contributed by atoms with Crippen LogP contribution in [0, 0.1) is 53.7 Å². The molecule has 26 heavy (non-hydrogen) atoms. The zero-order chi connectivity index (χ0) is 18.8. The fraction of sp³-hybridized carbons (Fsp3) is 0. The number of nitriles is 3. The summed E-state index contributed by atoms with van der Waals surface area (Å²) in [6, 6.07) is 11.7. The first-order chi connectivity index (χ1) is 12.6. The summed E-state index contributed by atoms with van der Waals surface area (Å²) in [6.07, 6.45) is 0. The van der Waals surface area contributed by atoms with Crippen LogP contribution in [0.25, 0.3) is 31.2 Å². The molecule has 1 aliphatic carbocycles. The van der Waals surface area contributed by atoms with Crippen molar-refractivity contribution in [1.82, 2.24) is 0 Å². The Hall–Kier alpha value is -4.88. The van der Waals surface area contributed by atoms with E-state index in [4.69, 9.17) is 19.7 Å². The van der Waals surface area contributed by atoms with Crippen molar-refractivity contribution >= 4 is 16.9 Å². The van der Waals surface area contributed by atoms with Gasteiger partial charge in [-0.2, -0.15) is 10.5 Å². The van der Waals surface area contributed by atoms with Gasteiger partial charge >= 0.3 is 0 Å². The van der Waals surface area contributed by atoms with Crippen LogP contribution in [0.1, 0.15) is 22.3 Å². The number of nitrogens with zero attached hydrogens (tertiary/aromatic N) is 6. The third-order valence-electron chi connectivity index (χ3n) is 4.04. The molecule has 0 aliphatic heterocycles. The first kappa shape index (κ1) is 16.0. The predicted octanol–water partition coefficient (Wildman–Crippen LogP) is 4.71. The van der Waals surface area contributed by atoms with Crippen molar-refractivity contribution in [1.29, 1.82) is 15.8 Å². The van der Waals surface area contributed by atoms with Crippen LogP contribution in [-0.2, 0) is 0 Å². The van der Waals surface area contributed by atoms with Crippen LogP contribution in [-0.4, -0.2) is 0 Å². The van der Waals surface area contributed by atoms with Crippen molar-refractivity contribution < 1.29 is 0 Å². The van der Waals surface area contributed by atoms with Crippen LogP contribution in [0.5, 0.6) is 0 Å². The molecule has 0 bridgehead atoms. The fourth-order valence-electron chi connectivity index (χ4n) is 2.94. The number of rotatable bonds is 0. The van der Waals surface area contributed by atoms with Crippen LogP contribution < -0.4 is 0 Å². The van der Waals surface area contributed by atoms with E-state index in [1.165, 1.54) is 24.3 Å². The molecule has 2 aromatic rings. The Morgan fingerprint density at radius 1 is 0.731 bits per heavy atom. The molecule has 2 aromatic carbocycles. The first-order valence-electron chi connectivity index (χ1n) is 7.07. The third kappa shape index (κ3) is 2.07. The molecule has 0 atom stereocenters. The quantitative estimate of drug-likeness (QED) is 0.442. The minimum Gasteiger partial charge on any atom is -0.250 e.